The molecule has 4 fully saturated rings. The van der Waals surface area contributed by atoms with E-state index < -0.39 is 98.5 Å². The van der Waals surface area contributed by atoms with Crippen molar-refractivity contribution < 1.29 is 45.9 Å². The minimum atomic E-state index is -4.12. The van der Waals surface area contributed by atoms with E-state index in [1.807, 2.05) is 25.1 Å². The Morgan fingerprint density at radius 1 is 1.02 bits per heavy atom. The average molecular weight is 775 g/mol. The van der Waals surface area contributed by atoms with Gasteiger partial charge in [0.1, 0.15) is 17.4 Å². The van der Waals surface area contributed by atoms with Crippen LogP contribution in [0.25, 0.3) is 11.0 Å². The number of nitrogens with one attached hydrogen (secondary N) is 1. The molecule has 54 heavy (non-hydrogen) atoms. The molecule has 5 atom stereocenters. The molecule has 2 saturated carbocycles. The molecular weight excluding hydrogens is 723 g/mol. The Morgan fingerprint density at radius 2 is 1.70 bits per heavy atom. The number of fused-ring (bicyclic) bond motifs is 3. The van der Waals surface area contributed by atoms with Crippen molar-refractivity contribution in [3.05, 3.63) is 30.0 Å². The van der Waals surface area contributed by atoms with Crippen LogP contribution in [-0.2, 0) is 40.4 Å². The van der Waals surface area contributed by atoms with Crippen LogP contribution in [0, 0.1) is 17.3 Å². The summed E-state index contributed by atoms with van der Waals surface area (Å²) in [6.07, 6.45) is -0.389. The number of ether oxygens (including phenoxy) is 2. The van der Waals surface area contributed by atoms with Crippen LogP contribution in [0.2, 0.25) is 0 Å². The number of amides is 2. The van der Waals surface area contributed by atoms with Gasteiger partial charge in [-0.05, 0) is 84.3 Å². The second kappa shape index (κ2) is 14.7. The summed E-state index contributed by atoms with van der Waals surface area (Å²) in [5.74, 6) is -7.31. The summed E-state index contributed by atoms with van der Waals surface area (Å²) in [6, 6.07) is 6.18. The predicted octanol–water partition coefficient (Wildman–Crippen LogP) is 5.84. The van der Waals surface area contributed by atoms with Crippen LogP contribution >= 0.6 is 0 Å². The van der Waals surface area contributed by atoms with Gasteiger partial charge in [-0.1, -0.05) is 31.9 Å². The minimum absolute atomic E-state index is 0.0102. The largest absolute Gasteiger partial charge is 0.471 e. The zero-order valence-corrected chi connectivity index (χ0v) is 32.6. The van der Waals surface area contributed by atoms with Crippen LogP contribution in [0.3, 0.4) is 0 Å². The highest BCUT2D eigenvalue weighted by Gasteiger charge is 2.65. The highest BCUT2D eigenvalue weighted by atomic mass is 32.2. The number of nitrogens with zero attached hydrogens (tertiary/aromatic N) is 3. The highest BCUT2D eigenvalue weighted by Crippen LogP contribution is 2.60. The Bertz CT molecular complexity index is 1910. The first-order chi connectivity index (χ1) is 25.2. The van der Waals surface area contributed by atoms with Crippen molar-refractivity contribution in [2.75, 3.05) is 6.54 Å². The lowest BCUT2D eigenvalue weighted by atomic mass is 9.89. The number of alkyl halides is 2. The van der Waals surface area contributed by atoms with E-state index in [2.05, 4.69) is 9.71 Å². The van der Waals surface area contributed by atoms with Gasteiger partial charge in [-0.2, -0.15) is 0 Å². The van der Waals surface area contributed by atoms with Gasteiger partial charge >= 0.3 is 5.97 Å². The molecule has 6 rings (SSSR count). The molecule has 2 aliphatic carbocycles. The second-order valence-corrected chi connectivity index (χ2v) is 19.2. The van der Waals surface area contributed by atoms with Gasteiger partial charge in [0, 0.05) is 31.6 Å². The first kappa shape index (κ1) is 39.9. The predicted molar refractivity (Wildman–Crippen MR) is 195 cm³/mol. The topological polar surface area (TPSA) is 162 Å². The average Bonchev–Trinajstić information content (AvgIpc) is 3.95. The van der Waals surface area contributed by atoms with E-state index in [1.165, 1.54) is 11.8 Å². The maximum absolute atomic E-state index is 15.4. The van der Waals surface area contributed by atoms with Crippen LogP contribution in [0.5, 0.6) is 5.88 Å². The maximum Gasteiger partial charge on any atom is 0.307 e. The van der Waals surface area contributed by atoms with Gasteiger partial charge in [-0.25, -0.2) is 27.2 Å². The molecule has 2 aromatic rings. The SMILES string of the molecule is CCc1nc2ccccc2nc1O[C@@H]1C[C@H]2C(=O)C[C@]3(C(=O)NS(=O)(=O)C4(C)CC4)C[C@H]3CC(F)(F)CCCCC[C@H](CC(=O)OC(C)(C)C)C(=O)N2C1. The summed E-state index contributed by atoms with van der Waals surface area (Å²) in [6.45, 7) is 8.53. The first-order valence-electron chi connectivity index (χ1n) is 19.2. The van der Waals surface area contributed by atoms with E-state index in [0.717, 1.165) is 0 Å². The number of halogens is 2. The molecule has 1 aromatic heterocycles. The van der Waals surface area contributed by atoms with Crippen molar-refractivity contribution in [3.8, 4) is 5.88 Å². The summed E-state index contributed by atoms with van der Waals surface area (Å²) in [4.78, 5) is 66.7. The summed E-state index contributed by atoms with van der Waals surface area (Å²) in [7, 11) is -4.12. The van der Waals surface area contributed by atoms with E-state index in [-0.39, 0.29) is 44.5 Å². The third kappa shape index (κ3) is 8.70. The molecule has 0 radical (unpaired) electrons. The quantitative estimate of drug-likeness (QED) is 0.323. The van der Waals surface area contributed by atoms with Crippen LogP contribution in [0.4, 0.5) is 8.78 Å². The molecule has 12 nitrogen and oxygen atoms in total. The molecule has 1 N–H and O–H groups in total. The van der Waals surface area contributed by atoms with Crippen molar-refractivity contribution >= 4 is 44.6 Å². The van der Waals surface area contributed by atoms with E-state index in [9.17, 15) is 27.6 Å². The number of rotatable bonds is 8. The lowest BCUT2D eigenvalue weighted by molar-refractivity contribution is -0.159. The Balaban J connectivity index is 1.33. The van der Waals surface area contributed by atoms with Gasteiger partial charge in [0.15, 0.2) is 5.78 Å². The number of hydrogen-bond donors (Lipinski definition) is 1. The number of para-hydroxylation sites is 2. The van der Waals surface area contributed by atoms with E-state index >= 15 is 8.78 Å². The van der Waals surface area contributed by atoms with Crippen LogP contribution in [-0.4, -0.2) is 81.8 Å². The summed E-state index contributed by atoms with van der Waals surface area (Å²) in [5.41, 5.74) is -0.624. The fourth-order valence-corrected chi connectivity index (χ4v) is 9.26. The Labute approximate surface area is 315 Å². The van der Waals surface area contributed by atoms with Crippen molar-refractivity contribution in [3.63, 3.8) is 0 Å². The van der Waals surface area contributed by atoms with Crippen LogP contribution in [0.15, 0.2) is 24.3 Å². The first-order valence-corrected chi connectivity index (χ1v) is 20.6. The number of carbonyl (C=O) groups is 4. The van der Waals surface area contributed by atoms with E-state index in [1.54, 1.807) is 26.8 Å². The summed E-state index contributed by atoms with van der Waals surface area (Å²) in [5, 5.41) is 0. The maximum atomic E-state index is 15.4. The zero-order valence-electron chi connectivity index (χ0n) is 31.8. The number of esters is 1. The standard InChI is InChI=1S/C39H52F2N4O8S/c1-6-27-33(43-29-14-10-9-13-28(29)42-27)52-26-19-30-31(46)22-38(35(49)44-54(50,51)37(5)16-17-37)20-25(38)21-39(40,41)15-11-7-8-12-24(34(48)45(30)23-26)18-32(47)53-36(2,3)4/h9-10,13-14,24-26,30H,6-8,11-12,15-23H2,1-5H3,(H,44,49)/t24-,25+,26-,30+,38-/m1/s1. The normalized spacial score (nSPS) is 28.6. The van der Waals surface area contributed by atoms with Crippen molar-refractivity contribution in [2.24, 2.45) is 17.3 Å². The van der Waals surface area contributed by atoms with E-state index in [0.29, 0.717) is 48.8 Å². The monoisotopic (exact) mass is 774 g/mol. The minimum Gasteiger partial charge on any atom is -0.471 e. The number of sulfonamides is 1. The van der Waals surface area contributed by atoms with Crippen molar-refractivity contribution in [1.82, 2.24) is 19.6 Å². The molecular formula is C39H52F2N4O8S. The number of carbonyl (C=O) groups excluding carboxylic acids is 4. The Hall–Kier alpha value is -3.75. The smallest absolute Gasteiger partial charge is 0.307 e. The molecule has 0 unspecified atom stereocenters. The fraction of sp³-hybridized carbons (Fsp3) is 0.692. The fourth-order valence-electron chi connectivity index (χ4n) is 7.92. The molecule has 4 aliphatic rings. The van der Waals surface area contributed by atoms with Gasteiger partial charge in [0.05, 0.1) is 40.2 Å². The molecule has 15 heteroatoms. The Morgan fingerprint density at radius 3 is 2.35 bits per heavy atom. The molecule has 2 aliphatic heterocycles. The van der Waals surface area contributed by atoms with Crippen molar-refractivity contribution in [1.29, 1.82) is 0 Å². The number of aryl methyl sites for hydroxylation is 1. The zero-order chi connectivity index (χ0) is 39.3. The number of benzene rings is 1. The van der Waals surface area contributed by atoms with Gasteiger partial charge in [0.2, 0.25) is 33.6 Å². The molecule has 3 heterocycles. The van der Waals surface area contributed by atoms with E-state index in [4.69, 9.17) is 14.5 Å². The summed E-state index contributed by atoms with van der Waals surface area (Å²) < 4.78 is 70.1. The van der Waals surface area contributed by atoms with Crippen LogP contribution in [0.1, 0.15) is 117 Å². The number of hydrogen-bond acceptors (Lipinski definition) is 10. The Kier molecular flexibility index (Phi) is 10.9. The van der Waals surface area contributed by atoms with Gasteiger partial charge in [-0.3, -0.25) is 23.9 Å². The van der Waals surface area contributed by atoms with Gasteiger partial charge < -0.3 is 14.4 Å². The molecule has 2 saturated heterocycles. The molecule has 2 amide bonds. The lowest BCUT2D eigenvalue weighted by Gasteiger charge is -2.29. The van der Waals surface area contributed by atoms with Gasteiger partial charge in [-0.15, -0.1) is 0 Å². The summed E-state index contributed by atoms with van der Waals surface area (Å²) >= 11 is 0. The second-order valence-electron chi connectivity index (χ2n) is 17.0. The van der Waals surface area contributed by atoms with Crippen molar-refractivity contribution in [2.45, 2.75) is 147 Å². The lowest BCUT2D eigenvalue weighted by Crippen LogP contribution is -2.47. The third-order valence-electron chi connectivity index (χ3n) is 11.5. The molecule has 1 aromatic carbocycles. The van der Waals surface area contributed by atoms with Crippen LogP contribution < -0.4 is 9.46 Å². The number of aromatic nitrogens is 2. The molecule has 0 bridgehead atoms. The number of Topliss-reactive ketones (excluding diaryl/α,β-unsaturated/α-hetero) is 1. The molecule has 0 spiro atoms. The highest BCUT2D eigenvalue weighted by molar-refractivity contribution is 7.91. The number of ketones is 1. The third-order valence-corrected chi connectivity index (χ3v) is 13.6. The van der Waals surface area contributed by atoms with Gasteiger partial charge in [0.25, 0.3) is 0 Å². The molecule has 296 valence electrons.